The summed E-state index contributed by atoms with van der Waals surface area (Å²) in [6.07, 6.45) is 1.13. The molecule has 0 radical (unpaired) electrons. The second-order valence-electron chi connectivity index (χ2n) is 4.93. The molecule has 20 heavy (non-hydrogen) atoms. The third-order valence-electron chi connectivity index (χ3n) is 3.29. The van der Waals surface area contributed by atoms with Crippen LogP contribution in [0, 0.1) is 5.92 Å². The summed E-state index contributed by atoms with van der Waals surface area (Å²) in [7, 11) is 1.59. The lowest BCUT2D eigenvalue weighted by Crippen LogP contribution is -2.34. The molecule has 1 atom stereocenters. The van der Waals surface area contributed by atoms with Crippen molar-refractivity contribution in [2.45, 2.75) is 40.0 Å². The molecule has 6 nitrogen and oxygen atoms in total. The highest BCUT2D eigenvalue weighted by molar-refractivity contribution is 5.79. The van der Waals surface area contributed by atoms with Gasteiger partial charge in [-0.25, -0.2) is 0 Å². The number of nitrogens with zero attached hydrogens (tertiary/aromatic N) is 2. The van der Waals surface area contributed by atoms with Crippen LogP contribution in [0.1, 0.15) is 40.0 Å². The van der Waals surface area contributed by atoms with Crippen molar-refractivity contribution in [3.05, 3.63) is 0 Å². The minimum atomic E-state index is -0.915. The highest BCUT2D eigenvalue weighted by Crippen LogP contribution is 2.05. The van der Waals surface area contributed by atoms with Crippen LogP contribution in [0.15, 0.2) is 0 Å². The Morgan fingerprint density at radius 2 is 1.55 bits per heavy atom. The number of aliphatic carboxylic acids is 1. The molecule has 1 unspecified atom stereocenters. The van der Waals surface area contributed by atoms with Gasteiger partial charge in [0.1, 0.15) is 0 Å². The molecule has 6 heteroatoms. The smallest absolute Gasteiger partial charge is 0.308 e. The van der Waals surface area contributed by atoms with Crippen LogP contribution < -0.4 is 0 Å². The molecule has 0 aliphatic heterocycles. The number of carbonyl (C=O) groups is 3. The maximum atomic E-state index is 11.8. The second kappa shape index (κ2) is 9.34. The first kappa shape index (κ1) is 18.4. The molecule has 0 saturated heterocycles. The number of rotatable bonds is 9. The predicted octanol–water partition coefficient (Wildman–Crippen LogP) is 1.20. The summed E-state index contributed by atoms with van der Waals surface area (Å²) in [4.78, 5) is 37.4. The average molecular weight is 286 g/mol. The van der Waals surface area contributed by atoms with E-state index in [1.54, 1.807) is 18.9 Å². The molecule has 0 saturated carbocycles. The summed E-state index contributed by atoms with van der Waals surface area (Å²) in [5.41, 5.74) is 0. The van der Waals surface area contributed by atoms with Crippen molar-refractivity contribution in [3.63, 3.8) is 0 Å². The van der Waals surface area contributed by atoms with Crippen molar-refractivity contribution in [2.24, 2.45) is 5.92 Å². The normalized spacial score (nSPS) is 11.8. The standard InChI is InChI=1S/C14H26N2O4/c1-5-16(6-2)13(18)9-7-8-12(17)15(4)10-11(3)14(19)20/h11H,5-10H2,1-4H3,(H,19,20). The van der Waals surface area contributed by atoms with Crippen LogP contribution in [-0.2, 0) is 14.4 Å². The summed E-state index contributed by atoms with van der Waals surface area (Å²) in [6, 6.07) is 0. The molecule has 0 aromatic heterocycles. The third-order valence-corrected chi connectivity index (χ3v) is 3.29. The van der Waals surface area contributed by atoms with Gasteiger partial charge in [0, 0.05) is 39.5 Å². The first-order valence-electron chi connectivity index (χ1n) is 7.07. The Balaban J connectivity index is 4.04. The zero-order valence-corrected chi connectivity index (χ0v) is 12.9. The fraction of sp³-hybridized carbons (Fsp3) is 0.786. The molecule has 0 aliphatic carbocycles. The van der Waals surface area contributed by atoms with Gasteiger partial charge in [-0.1, -0.05) is 6.92 Å². The molecule has 0 heterocycles. The quantitative estimate of drug-likeness (QED) is 0.691. The molecule has 1 N–H and O–H groups in total. The Bertz CT molecular complexity index is 340. The van der Waals surface area contributed by atoms with Crippen molar-refractivity contribution < 1.29 is 19.5 Å². The van der Waals surface area contributed by atoms with Crippen molar-refractivity contribution in [1.29, 1.82) is 0 Å². The van der Waals surface area contributed by atoms with E-state index >= 15 is 0 Å². The van der Waals surface area contributed by atoms with Crippen LogP contribution in [0.25, 0.3) is 0 Å². The van der Waals surface area contributed by atoms with Gasteiger partial charge in [-0.05, 0) is 20.3 Å². The van der Waals surface area contributed by atoms with E-state index in [0.29, 0.717) is 25.9 Å². The van der Waals surface area contributed by atoms with Gasteiger partial charge in [0.2, 0.25) is 11.8 Å². The van der Waals surface area contributed by atoms with Gasteiger partial charge in [-0.3, -0.25) is 14.4 Å². The summed E-state index contributed by atoms with van der Waals surface area (Å²) < 4.78 is 0. The van der Waals surface area contributed by atoms with Gasteiger partial charge in [0.15, 0.2) is 0 Å². The topological polar surface area (TPSA) is 77.9 Å². The van der Waals surface area contributed by atoms with Gasteiger partial charge in [0.05, 0.1) is 5.92 Å². The Morgan fingerprint density at radius 1 is 1.05 bits per heavy atom. The molecule has 0 aromatic carbocycles. The lowest BCUT2D eigenvalue weighted by atomic mass is 10.1. The van der Waals surface area contributed by atoms with E-state index in [2.05, 4.69) is 0 Å². The van der Waals surface area contributed by atoms with Crippen LogP contribution in [0.4, 0.5) is 0 Å². The number of amides is 2. The first-order chi connectivity index (χ1) is 9.33. The van der Waals surface area contributed by atoms with E-state index in [1.807, 2.05) is 13.8 Å². The molecule has 0 bridgehead atoms. The number of carbonyl (C=O) groups excluding carboxylic acids is 2. The van der Waals surface area contributed by atoms with Crippen LogP contribution >= 0.6 is 0 Å². The van der Waals surface area contributed by atoms with E-state index in [4.69, 9.17) is 5.11 Å². The molecule has 2 amide bonds. The van der Waals surface area contributed by atoms with Crippen LogP contribution in [0.2, 0.25) is 0 Å². The zero-order chi connectivity index (χ0) is 15.7. The number of carboxylic acids is 1. The summed E-state index contributed by atoms with van der Waals surface area (Å²) in [5, 5.41) is 8.79. The Hall–Kier alpha value is -1.59. The van der Waals surface area contributed by atoms with Crippen molar-refractivity contribution in [2.75, 3.05) is 26.7 Å². The number of hydrogen-bond donors (Lipinski definition) is 1. The number of hydrogen-bond acceptors (Lipinski definition) is 3. The highest BCUT2D eigenvalue weighted by Gasteiger charge is 2.17. The molecule has 116 valence electrons. The first-order valence-corrected chi connectivity index (χ1v) is 7.07. The van der Waals surface area contributed by atoms with Crippen molar-refractivity contribution in [3.8, 4) is 0 Å². The molecule has 0 aromatic rings. The van der Waals surface area contributed by atoms with Crippen LogP contribution in [0.3, 0.4) is 0 Å². The predicted molar refractivity (Wildman–Crippen MR) is 76.2 cm³/mol. The van der Waals surface area contributed by atoms with Gasteiger partial charge < -0.3 is 14.9 Å². The summed E-state index contributed by atoms with van der Waals surface area (Å²) in [5.74, 6) is -1.56. The summed E-state index contributed by atoms with van der Waals surface area (Å²) >= 11 is 0. The maximum Gasteiger partial charge on any atom is 0.308 e. The molecule has 0 spiro atoms. The molecule has 0 fully saturated rings. The van der Waals surface area contributed by atoms with Crippen LogP contribution in [0.5, 0.6) is 0 Å². The maximum absolute atomic E-state index is 11.8. The van der Waals surface area contributed by atoms with E-state index in [9.17, 15) is 14.4 Å². The van der Waals surface area contributed by atoms with Gasteiger partial charge in [-0.2, -0.15) is 0 Å². The Morgan fingerprint density at radius 3 is 2.00 bits per heavy atom. The monoisotopic (exact) mass is 286 g/mol. The zero-order valence-electron chi connectivity index (χ0n) is 12.9. The summed E-state index contributed by atoms with van der Waals surface area (Å²) in [6.45, 7) is 6.97. The van der Waals surface area contributed by atoms with E-state index in [1.165, 1.54) is 4.90 Å². The lowest BCUT2D eigenvalue weighted by Gasteiger charge is -2.20. The molecule has 0 rings (SSSR count). The lowest BCUT2D eigenvalue weighted by molar-refractivity contribution is -0.142. The molecule has 0 aliphatic rings. The van der Waals surface area contributed by atoms with Crippen molar-refractivity contribution >= 4 is 17.8 Å². The van der Waals surface area contributed by atoms with Crippen molar-refractivity contribution in [1.82, 2.24) is 9.80 Å². The van der Waals surface area contributed by atoms with E-state index in [-0.39, 0.29) is 24.8 Å². The average Bonchev–Trinajstić information content (AvgIpc) is 2.39. The van der Waals surface area contributed by atoms with Gasteiger partial charge >= 0.3 is 5.97 Å². The Kier molecular flexibility index (Phi) is 8.59. The molecular formula is C14H26N2O4. The Labute approximate surface area is 120 Å². The van der Waals surface area contributed by atoms with Gasteiger partial charge in [-0.15, -0.1) is 0 Å². The second-order valence-corrected chi connectivity index (χ2v) is 4.93. The largest absolute Gasteiger partial charge is 0.481 e. The fourth-order valence-electron chi connectivity index (χ4n) is 1.91. The number of carboxylic acid groups (broad SMARTS) is 1. The van der Waals surface area contributed by atoms with E-state index in [0.717, 1.165) is 0 Å². The minimum Gasteiger partial charge on any atom is -0.481 e. The van der Waals surface area contributed by atoms with E-state index < -0.39 is 11.9 Å². The van der Waals surface area contributed by atoms with Gasteiger partial charge in [0.25, 0.3) is 0 Å². The fourth-order valence-corrected chi connectivity index (χ4v) is 1.91. The molecular weight excluding hydrogens is 260 g/mol. The SMILES string of the molecule is CCN(CC)C(=O)CCCC(=O)N(C)CC(C)C(=O)O. The van der Waals surface area contributed by atoms with Crippen LogP contribution in [-0.4, -0.2) is 59.4 Å². The minimum absolute atomic E-state index is 0.0596. The highest BCUT2D eigenvalue weighted by atomic mass is 16.4. The third kappa shape index (κ3) is 6.54.